The van der Waals surface area contributed by atoms with Gasteiger partial charge in [-0.05, 0) is 29.8 Å². The van der Waals surface area contributed by atoms with E-state index >= 15 is 0 Å². The summed E-state index contributed by atoms with van der Waals surface area (Å²) >= 11 is 0. The van der Waals surface area contributed by atoms with Crippen molar-refractivity contribution in [3.8, 4) is 5.75 Å². The monoisotopic (exact) mass is 242 g/mol. The van der Waals surface area contributed by atoms with E-state index < -0.39 is 0 Å². The maximum absolute atomic E-state index is 11.8. The fourth-order valence-corrected chi connectivity index (χ4v) is 1.59. The molecule has 2 aromatic rings. The molecule has 0 heterocycles. The summed E-state index contributed by atoms with van der Waals surface area (Å²) in [6.45, 7) is 0. The first-order chi connectivity index (χ1) is 8.65. The highest BCUT2D eigenvalue weighted by Crippen LogP contribution is 2.21. The van der Waals surface area contributed by atoms with E-state index in [9.17, 15) is 9.90 Å². The molecule has 2 aromatic carbocycles. The van der Waals surface area contributed by atoms with Gasteiger partial charge in [0, 0.05) is 5.69 Å². The van der Waals surface area contributed by atoms with Crippen LogP contribution in [-0.4, -0.2) is 11.0 Å². The fraction of sp³-hybridized carbons (Fsp3) is 0.0714. The van der Waals surface area contributed by atoms with Crippen molar-refractivity contribution in [2.45, 2.75) is 6.42 Å². The van der Waals surface area contributed by atoms with Crippen molar-refractivity contribution >= 4 is 17.3 Å². The molecule has 0 fully saturated rings. The molecule has 0 radical (unpaired) electrons. The molecule has 4 N–H and O–H groups in total. The molecule has 0 unspecified atom stereocenters. The SMILES string of the molecule is Nc1ccc(CC(=O)Nc2ccccc2O)cc1. The molecule has 0 aliphatic carbocycles. The molecule has 4 nitrogen and oxygen atoms in total. The van der Waals surface area contributed by atoms with Crippen LogP contribution in [0.4, 0.5) is 11.4 Å². The van der Waals surface area contributed by atoms with Gasteiger partial charge in [-0.2, -0.15) is 0 Å². The number of hydrogen-bond acceptors (Lipinski definition) is 3. The molecule has 0 spiro atoms. The Hall–Kier alpha value is -2.49. The summed E-state index contributed by atoms with van der Waals surface area (Å²) < 4.78 is 0. The van der Waals surface area contributed by atoms with Gasteiger partial charge in [0.05, 0.1) is 12.1 Å². The first-order valence-corrected chi connectivity index (χ1v) is 5.57. The summed E-state index contributed by atoms with van der Waals surface area (Å²) in [4.78, 5) is 11.8. The van der Waals surface area contributed by atoms with Gasteiger partial charge in [-0.3, -0.25) is 4.79 Å². The maximum Gasteiger partial charge on any atom is 0.228 e. The molecule has 0 saturated carbocycles. The van der Waals surface area contributed by atoms with E-state index in [1.807, 2.05) is 0 Å². The van der Waals surface area contributed by atoms with E-state index in [4.69, 9.17) is 5.73 Å². The van der Waals surface area contributed by atoms with Crippen LogP contribution >= 0.6 is 0 Å². The Labute approximate surface area is 105 Å². The standard InChI is InChI=1S/C14H14N2O2/c15-11-7-5-10(6-8-11)9-14(18)16-12-3-1-2-4-13(12)17/h1-8,17H,9,15H2,(H,16,18). The smallest absolute Gasteiger partial charge is 0.228 e. The molecule has 1 amide bonds. The Morgan fingerprint density at radius 3 is 2.44 bits per heavy atom. The highest BCUT2D eigenvalue weighted by molar-refractivity contribution is 5.93. The molecular formula is C14H14N2O2. The van der Waals surface area contributed by atoms with E-state index in [-0.39, 0.29) is 18.1 Å². The fourth-order valence-electron chi connectivity index (χ4n) is 1.59. The van der Waals surface area contributed by atoms with Gasteiger partial charge in [-0.25, -0.2) is 0 Å². The van der Waals surface area contributed by atoms with E-state index in [2.05, 4.69) is 5.32 Å². The molecule has 18 heavy (non-hydrogen) atoms. The topological polar surface area (TPSA) is 75.4 Å². The number of anilines is 2. The number of amides is 1. The van der Waals surface area contributed by atoms with Crippen molar-refractivity contribution in [2.75, 3.05) is 11.1 Å². The third kappa shape index (κ3) is 3.01. The third-order valence-corrected chi connectivity index (χ3v) is 2.52. The molecule has 0 aromatic heterocycles. The Morgan fingerprint density at radius 1 is 1.11 bits per heavy atom. The van der Waals surface area contributed by atoms with Crippen molar-refractivity contribution in [3.63, 3.8) is 0 Å². The zero-order valence-corrected chi connectivity index (χ0v) is 9.76. The second-order valence-electron chi connectivity index (χ2n) is 3.98. The summed E-state index contributed by atoms with van der Waals surface area (Å²) in [6.07, 6.45) is 0.245. The lowest BCUT2D eigenvalue weighted by Crippen LogP contribution is -2.14. The number of phenols is 1. The third-order valence-electron chi connectivity index (χ3n) is 2.52. The Morgan fingerprint density at radius 2 is 1.78 bits per heavy atom. The second-order valence-corrected chi connectivity index (χ2v) is 3.98. The van der Waals surface area contributed by atoms with Crippen molar-refractivity contribution < 1.29 is 9.90 Å². The Kier molecular flexibility index (Phi) is 3.48. The summed E-state index contributed by atoms with van der Waals surface area (Å²) in [5.74, 6) is -0.121. The van der Waals surface area contributed by atoms with Gasteiger partial charge in [0.1, 0.15) is 5.75 Å². The van der Waals surface area contributed by atoms with Crippen molar-refractivity contribution in [1.29, 1.82) is 0 Å². The Balaban J connectivity index is 2.01. The van der Waals surface area contributed by atoms with Gasteiger partial charge in [0.15, 0.2) is 0 Å². The number of aromatic hydroxyl groups is 1. The number of nitrogens with one attached hydrogen (secondary N) is 1. The number of carbonyl (C=O) groups excluding carboxylic acids is 1. The molecule has 2 rings (SSSR count). The maximum atomic E-state index is 11.8. The van der Waals surface area contributed by atoms with Crippen molar-refractivity contribution in [2.24, 2.45) is 0 Å². The molecule has 4 heteroatoms. The van der Waals surface area contributed by atoms with Crippen molar-refractivity contribution in [3.05, 3.63) is 54.1 Å². The summed E-state index contributed by atoms with van der Waals surface area (Å²) in [7, 11) is 0. The number of nitrogen functional groups attached to an aromatic ring is 1. The van der Waals surface area contributed by atoms with Crippen LogP contribution in [-0.2, 0) is 11.2 Å². The van der Waals surface area contributed by atoms with E-state index in [1.54, 1.807) is 42.5 Å². The number of phenolic OH excluding ortho intramolecular Hbond substituents is 1. The van der Waals surface area contributed by atoms with Crippen LogP contribution in [0.25, 0.3) is 0 Å². The van der Waals surface area contributed by atoms with Crippen LogP contribution in [0.15, 0.2) is 48.5 Å². The number of rotatable bonds is 3. The van der Waals surface area contributed by atoms with Crippen LogP contribution in [0.3, 0.4) is 0 Å². The van der Waals surface area contributed by atoms with Gasteiger partial charge in [-0.15, -0.1) is 0 Å². The van der Waals surface area contributed by atoms with Crippen LogP contribution < -0.4 is 11.1 Å². The zero-order valence-electron chi connectivity index (χ0n) is 9.76. The molecule has 0 aliphatic heterocycles. The van der Waals surface area contributed by atoms with E-state index in [1.165, 1.54) is 6.07 Å². The average molecular weight is 242 g/mol. The highest BCUT2D eigenvalue weighted by atomic mass is 16.3. The van der Waals surface area contributed by atoms with Gasteiger partial charge >= 0.3 is 0 Å². The van der Waals surface area contributed by atoms with Gasteiger partial charge in [0.25, 0.3) is 0 Å². The van der Waals surface area contributed by atoms with Crippen LogP contribution in [0, 0.1) is 0 Å². The molecule has 0 bridgehead atoms. The number of carbonyl (C=O) groups is 1. The lowest BCUT2D eigenvalue weighted by molar-refractivity contribution is -0.115. The summed E-state index contributed by atoms with van der Waals surface area (Å²) in [5.41, 5.74) is 7.52. The first-order valence-electron chi connectivity index (χ1n) is 5.57. The molecular weight excluding hydrogens is 228 g/mol. The number of benzene rings is 2. The molecule has 0 saturated heterocycles. The quantitative estimate of drug-likeness (QED) is 0.570. The highest BCUT2D eigenvalue weighted by Gasteiger charge is 2.06. The van der Waals surface area contributed by atoms with Gasteiger partial charge in [-0.1, -0.05) is 24.3 Å². The average Bonchev–Trinajstić information content (AvgIpc) is 2.35. The van der Waals surface area contributed by atoms with Crippen LogP contribution in [0.5, 0.6) is 5.75 Å². The van der Waals surface area contributed by atoms with Crippen molar-refractivity contribution in [1.82, 2.24) is 0 Å². The normalized spacial score (nSPS) is 10.0. The lowest BCUT2D eigenvalue weighted by Gasteiger charge is -2.07. The number of nitrogens with two attached hydrogens (primary N) is 1. The Bertz CT molecular complexity index is 550. The van der Waals surface area contributed by atoms with Gasteiger partial charge < -0.3 is 16.2 Å². The zero-order chi connectivity index (χ0) is 13.0. The molecule has 92 valence electrons. The minimum atomic E-state index is -0.179. The van der Waals surface area contributed by atoms with Crippen LogP contribution in [0.1, 0.15) is 5.56 Å². The predicted octanol–water partition coefficient (Wildman–Crippen LogP) is 2.16. The number of hydrogen-bond donors (Lipinski definition) is 3. The van der Waals surface area contributed by atoms with E-state index in [0.29, 0.717) is 11.4 Å². The van der Waals surface area contributed by atoms with E-state index in [0.717, 1.165) is 5.56 Å². The number of para-hydroxylation sites is 2. The minimum absolute atomic E-state index is 0.0585. The predicted molar refractivity (Wildman–Crippen MR) is 71.3 cm³/mol. The lowest BCUT2D eigenvalue weighted by atomic mass is 10.1. The largest absolute Gasteiger partial charge is 0.506 e. The first kappa shape index (κ1) is 12.0. The molecule has 0 aliphatic rings. The second kappa shape index (κ2) is 5.23. The van der Waals surface area contributed by atoms with Gasteiger partial charge in [0.2, 0.25) is 5.91 Å². The summed E-state index contributed by atoms with van der Waals surface area (Å²) in [5, 5.41) is 12.2. The minimum Gasteiger partial charge on any atom is -0.506 e. The summed E-state index contributed by atoms with van der Waals surface area (Å²) in [6, 6.07) is 13.7. The van der Waals surface area contributed by atoms with Crippen LogP contribution in [0.2, 0.25) is 0 Å². The molecule has 0 atom stereocenters.